The number of carbonyl (C=O) groups excluding carboxylic acids is 2. The number of aromatic nitrogens is 2. The summed E-state index contributed by atoms with van der Waals surface area (Å²) in [6.45, 7) is 2.39. The molecule has 1 unspecified atom stereocenters. The maximum absolute atomic E-state index is 12.5. The predicted molar refractivity (Wildman–Crippen MR) is 148 cm³/mol. The zero-order valence-electron chi connectivity index (χ0n) is 21.7. The Hall–Kier alpha value is -4.14. The van der Waals surface area contributed by atoms with Gasteiger partial charge in [0, 0.05) is 69.5 Å². The Morgan fingerprint density at radius 1 is 1.16 bits per heavy atom. The van der Waals surface area contributed by atoms with Gasteiger partial charge >= 0.3 is 0 Å². The molecule has 1 aliphatic carbocycles. The normalized spacial score (nSPS) is 14.9. The molecule has 0 fully saturated rings. The second kappa shape index (κ2) is 11.1. The Morgan fingerprint density at radius 3 is 2.82 bits per heavy atom. The number of fused-ring (bicyclic) bond motifs is 2. The average molecular weight is 512 g/mol. The van der Waals surface area contributed by atoms with Crippen molar-refractivity contribution in [2.45, 2.75) is 32.0 Å². The molecule has 0 aliphatic heterocycles. The molecule has 2 heterocycles. The zero-order chi connectivity index (χ0) is 26.6. The fraction of sp³-hybridized carbons (Fsp3) is 0.267. The predicted octanol–water partition coefficient (Wildman–Crippen LogP) is 4.38. The number of hydroxylamine groups is 1. The Kier molecular flexibility index (Phi) is 7.44. The van der Waals surface area contributed by atoms with E-state index >= 15 is 0 Å². The van der Waals surface area contributed by atoms with E-state index < -0.39 is 5.91 Å². The molecule has 0 saturated heterocycles. The highest BCUT2D eigenvalue weighted by molar-refractivity contribution is 5.94. The van der Waals surface area contributed by atoms with Crippen LogP contribution < -0.4 is 5.48 Å². The van der Waals surface area contributed by atoms with Gasteiger partial charge in [0.05, 0.1) is 5.56 Å². The van der Waals surface area contributed by atoms with Gasteiger partial charge in [-0.05, 0) is 59.2 Å². The topological polar surface area (TPSA) is 93.6 Å². The molecule has 2 aromatic carbocycles. The highest BCUT2D eigenvalue weighted by Gasteiger charge is 2.28. The third kappa shape index (κ3) is 5.41. The van der Waals surface area contributed by atoms with Crippen LogP contribution in [0.5, 0.6) is 0 Å². The van der Waals surface area contributed by atoms with Crippen LogP contribution in [-0.4, -0.2) is 57.0 Å². The number of carbonyl (C=O) groups is 2. The maximum Gasteiger partial charge on any atom is 0.267 e. The third-order valence-corrected chi connectivity index (χ3v) is 7.27. The molecule has 38 heavy (non-hydrogen) atoms. The summed E-state index contributed by atoms with van der Waals surface area (Å²) in [4.78, 5) is 31.2. The van der Waals surface area contributed by atoms with E-state index in [4.69, 9.17) is 5.21 Å². The van der Waals surface area contributed by atoms with Crippen LogP contribution in [0.2, 0.25) is 0 Å². The number of rotatable bonds is 9. The molecule has 2 amide bonds. The van der Waals surface area contributed by atoms with Crippen molar-refractivity contribution in [2.24, 2.45) is 0 Å². The van der Waals surface area contributed by atoms with Gasteiger partial charge in [-0.15, -0.1) is 0 Å². The molecule has 8 nitrogen and oxygen atoms in total. The summed E-state index contributed by atoms with van der Waals surface area (Å²) in [5.41, 5.74) is 8.01. The number of amides is 2. The van der Waals surface area contributed by atoms with Crippen LogP contribution in [0.3, 0.4) is 0 Å². The van der Waals surface area contributed by atoms with E-state index in [0.717, 1.165) is 37.2 Å². The van der Waals surface area contributed by atoms with Crippen molar-refractivity contribution >= 4 is 28.8 Å². The van der Waals surface area contributed by atoms with Crippen molar-refractivity contribution in [3.8, 4) is 0 Å². The maximum atomic E-state index is 12.5. The summed E-state index contributed by atoms with van der Waals surface area (Å²) >= 11 is 0. The first-order valence-electron chi connectivity index (χ1n) is 12.8. The van der Waals surface area contributed by atoms with E-state index in [1.54, 1.807) is 36.7 Å². The summed E-state index contributed by atoms with van der Waals surface area (Å²) in [6, 6.07) is 19.1. The number of nitrogens with zero attached hydrogens (tertiary/aromatic N) is 3. The molecule has 0 saturated carbocycles. The molecule has 1 aliphatic rings. The van der Waals surface area contributed by atoms with Gasteiger partial charge in [0.2, 0.25) is 0 Å². The van der Waals surface area contributed by atoms with Crippen LogP contribution in [0.1, 0.15) is 45.2 Å². The van der Waals surface area contributed by atoms with Crippen molar-refractivity contribution in [1.82, 2.24) is 24.8 Å². The largest absolute Gasteiger partial charge is 0.363 e. The lowest BCUT2D eigenvalue weighted by atomic mass is 10.0. The van der Waals surface area contributed by atoms with Crippen LogP contribution >= 0.6 is 0 Å². The van der Waals surface area contributed by atoms with Gasteiger partial charge in [0.25, 0.3) is 11.8 Å². The van der Waals surface area contributed by atoms with Gasteiger partial charge in [-0.2, -0.15) is 0 Å². The van der Waals surface area contributed by atoms with Crippen molar-refractivity contribution in [3.05, 3.63) is 101 Å². The van der Waals surface area contributed by atoms with Gasteiger partial charge in [0.15, 0.2) is 0 Å². The number of hydrogen-bond acceptors (Lipinski definition) is 4. The Balaban J connectivity index is 1.40. The van der Waals surface area contributed by atoms with Crippen molar-refractivity contribution in [2.75, 3.05) is 20.6 Å². The minimum atomic E-state index is -0.551. The number of para-hydroxylation sites is 1. The molecular formula is C30H33N5O3. The monoisotopic (exact) mass is 511 g/mol. The van der Waals surface area contributed by atoms with Crippen LogP contribution in [0.4, 0.5) is 0 Å². The van der Waals surface area contributed by atoms with Crippen LogP contribution in [0.15, 0.2) is 73.1 Å². The smallest absolute Gasteiger partial charge is 0.267 e. The lowest BCUT2D eigenvalue weighted by molar-refractivity contribution is -0.124. The lowest BCUT2D eigenvalue weighted by Crippen LogP contribution is -2.30. The van der Waals surface area contributed by atoms with E-state index in [9.17, 15) is 9.59 Å². The molecule has 3 N–H and O–H groups in total. The number of H-pyrrole nitrogens is 1. The van der Waals surface area contributed by atoms with E-state index in [-0.39, 0.29) is 11.9 Å². The highest BCUT2D eigenvalue weighted by Crippen LogP contribution is 2.37. The van der Waals surface area contributed by atoms with E-state index in [1.165, 1.54) is 28.1 Å². The highest BCUT2D eigenvalue weighted by atomic mass is 16.5. The Morgan fingerprint density at radius 2 is 2.00 bits per heavy atom. The summed E-state index contributed by atoms with van der Waals surface area (Å²) < 4.78 is 2.30. The Bertz CT molecular complexity index is 1480. The standard InChI is InChI=1S/C30H33N5O3/c1-33(2)30(37)24-18-25(31-19-24)20-35(16-15-34-14-13-22-5-3-4-6-27(22)34)28-11-9-23-17-21(7-10-26(23)28)8-12-29(36)32-38/h3-8,10,12-14,17-19,28,31,38H,9,11,15-16,20H2,1-2H3,(H,32,36). The van der Waals surface area contributed by atoms with Gasteiger partial charge in [0.1, 0.15) is 0 Å². The summed E-state index contributed by atoms with van der Waals surface area (Å²) in [5, 5.41) is 9.97. The SMILES string of the molecule is CN(C)C(=O)c1c[nH]c(CN(CCn2ccc3ccccc32)C2CCc3cc(C=CC(=O)NO)ccc32)c1. The second-order valence-corrected chi connectivity index (χ2v) is 9.97. The molecule has 5 rings (SSSR count). The molecule has 2 aromatic heterocycles. The van der Waals surface area contributed by atoms with Crippen LogP contribution in [0.25, 0.3) is 17.0 Å². The fourth-order valence-corrected chi connectivity index (χ4v) is 5.36. The summed E-state index contributed by atoms with van der Waals surface area (Å²) in [5.74, 6) is -0.565. The number of aromatic amines is 1. The molecule has 196 valence electrons. The lowest BCUT2D eigenvalue weighted by Gasteiger charge is -2.30. The van der Waals surface area contributed by atoms with E-state index in [0.29, 0.717) is 12.1 Å². The van der Waals surface area contributed by atoms with Gasteiger partial charge < -0.3 is 14.5 Å². The molecule has 8 heteroatoms. The first kappa shape index (κ1) is 25.5. The molecule has 0 radical (unpaired) electrons. The number of aryl methyl sites for hydroxylation is 1. The molecule has 0 spiro atoms. The van der Waals surface area contributed by atoms with Crippen molar-refractivity contribution in [3.63, 3.8) is 0 Å². The van der Waals surface area contributed by atoms with E-state index in [2.05, 4.69) is 63.1 Å². The first-order valence-corrected chi connectivity index (χ1v) is 12.8. The summed E-state index contributed by atoms with van der Waals surface area (Å²) in [7, 11) is 3.52. The molecule has 1 atom stereocenters. The minimum absolute atomic E-state index is 0.0143. The zero-order valence-corrected chi connectivity index (χ0v) is 21.7. The first-order chi connectivity index (χ1) is 18.4. The average Bonchev–Trinajstić information content (AvgIpc) is 3.67. The van der Waals surface area contributed by atoms with E-state index in [1.807, 2.05) is 12.1 Å². The fourth-order valence-electron chi connectivity index (χ4n) is 5.36. The number of hydrogen-bond donors (Lipinski definition) is 3. The Labute approximate surface area is 222 Å². The third-order valence-electron chi connectivity index (χ3n) is 7.27. The second-order valence-electron chi connectivity index (χ2n) is 9.97. The molecular weight excluding hydrogens is 478 g/mol. The van der Waals surface area contributed by atoms with Gasteiger partial charge in [-0.25, -0.2) is 5.48 Å². The van der Waals surface area contributed by atoms with Crippen LogP contribution in [-0.2, 0) is 24.3 Å². The van der Waals surface area contributed by atoms with Gasteiger partial charge in [-0.1, -0.05) is 36.4 Å². The molecule has 0 bridgehead atoms. The number of benzene rings is 2. The van der Waals surface area contributed by atoms with Crippen molar-refractivity contribution < 1.29 is 14.8 Å². The van der Waals surface area contributed by atoms with Crippen LogP contribution in [0, 0.1) is 0 Å². The van der Waals surface area contributed by atoms with Crippen molar-refractivity contribution in [1.29, 1.82) is 0 Å². The minimum Gasteiger partial charge on any atom is -0.363 e. The molecule has 4 aromatic rings. The van der Waals surface area contributed by atoms with Gasteiger partial charge in [-0.3, -0.25) is 19.7 Å². The number of nitrogens with one attached hydrogen (secondary N) is 2. The quantitative estimate of drug-likeness (QED) is 0.177. The summed E-state index contributed by atoms with van der Waals surface area (Å²) in [6.07, 6.45) is 8.91.